The van der Waals surface area contributed by atoms with E-state index >= 15 is 0 Å². The third-order valence-electron chi connectivity index (χ3n) is 6.86. The van der Waals surface area contributed by atoms with Crippen LogP contribution < -0.4 is 0 Å². The summed E-state index contributed by atoms with van der Waals surface area (Å²) in [7, 11) is 0. The molecule has 6 heteroatoms. The summed E-state index contributed by atoms with van der Waals surface area (Å²) in [6.07, 6.45) is 14.7. The highest BCUT2D eigenvalue weighted by atomic mass is 32.1. The molecule has 0 aliphatic carbocycles. The van der Waals surface area contributed by atoms with Gasteiger partial charge in [0.2, 0.25) is 0 Å². The Balaban J connectivity index is 0.000000312. The van der Waals surface area contributed by atoms with E-state index in [4.69, 9.17) is 0 Å². The molecule has 0 unspecified atom stereocenters. The number of hydrogen-bond acceptors (Lipinski definition) is 4. The molecule has 0 aliphatic rings. The highest BCUT2D eigenvalue weighted by Gasteiger charge is 2.06. The van der Waals surface area contributed by atoms with E-state index < -0.39 is 0 Å². The van der Waals surface area contributed by atoms with Crippen molar-refractivity contribution in [2.24, 2.45) is 23.7 Å². The second-order valence-electron chi connectivity index (χ2n) is 13.7. The van der Waals surface area contributed by atoms with Crippen molar-refractivity contribution in [2.45, 2.75) is 147 Å². The van der Waals surface area contributed by atoms with E-state index in [2.05, 4.69) is 127 Å². The Morgan fingerprint density at radius 1 is 0.659 bits per heavy atom. The average molecular weight is 586 g/mol. The van der Waals surface area contributed by atoms with Crippen molar-refractivity contribution in [3.05, 3.63) is 52.0 Å². The molecule has 0 spiro atoms. The topological polar surface area (TPSA) is 48.5 Å². The van der Waals surface area contributed by atoms with Gasteiger partial charge in [-0.05, 0) is 101 Å². The van der Waals surface area contributed by atoms with Crippen LogP contribution in [0.4, 0.5) is 0 Å². The lowest BCUT2D eigenvalue weighted by Gasteiger charge is -2.04. The normalized spacial score (nSPS) is 11.6. The average Bonchev–Trinajstić information content (AvgIpc) is 3.65. The van der Waals surface area contributed by atoms with Gasteiger partial charge in [-0.25, -0.2) is 4.98 Å². The van der Waals surface area contributed by atoms with Crippen molar-refractivity contribution in [3.8, 4) is 0 Å². The van der Waals surface area contributed by atoms with Crippen molar-refractivity contribution < 1.29 is 0 Å². The zero-order valence-corrected chi connectivity index (χ0v) is 29.5. The summed E-state index contributed by atoms with van der Waals surface area (Å²) in [6.45, 7) is 27.8. The van der Waals surface area contributed by atoms with Gasteiger partial charge < -0.3 is 0 Å². The van der Waals surface area contributed by atoms with Gasteiger partial charge in [-0.3, -0.25) is 9.36 Å². The van der Waals surface area contributed by atoms with E-state index in [1.165, 1.54) is 53.4 Å². The first-order valence-electron chi connectivity index (χ1n) is 16.3. The number of aryl methyl sites for hydroxylation is 4. The van der Waals surface area contributed by atoms with Crippen LogP contribution in [0.1, 0.15) is 142 Å². The molecule has 3 aromatic heterocycles. The van der Waals surface area contributed by atoms with Crippen molar-refractivity contribution in [1.29, 1.82) is 0 Å². The lowest BCUT2D eigenvalue weighted by Crippen LogP contribution is -2.03. The second kappa shape index (κ2) is 20.0. The van der Waals surface area contributed by atoms with Gasteiger partial charge in [0.05, 0.1) is 16.4 Å². The van der Waals surface area contributed by atoms with Crippen molar-refractivity contribution in [2.75, 3.05) is 0 Å². The molecule has 0 saturated heterocycles. The molecule has 0 fully saturated rings. The summed E-state index contributed by atoms with van der Waals surface area (Å²) in [5.74, 6) is 3.65. The van der Waals surface area contributed by atoms with Crippen LogP contribution in [0.25, 0.3) is 0 Å². The number of hydrogen-bond donors (Lipinski definition) is 0. The van der Waals surface area contributed by atoms with E-state index in [1.807, 2.05) is 22.2 Å². The molecule has 5 nitrogen and oxygen atoms in total. The van der Waals surface area contributed by atoms with E-state index in [1.54, 1.807) is 0 Å². The molecule has 3 heterocycles. The van der Waals surface area contributed by atoms with Crippen LogP contribution in [0.5, 0.6) is 0 Å². The molecule has 234 valence electrons. The van der Waals surface area contributed by atoms with Crippen LogP contribution in [0.15, 0.2) is 30.7 Å². The predicted octanol–water partition coefficient (Wildman–Crippen LogP) is 10.4. The van der Waals surface area contributed by atoms with Crippen molar-refractivity contribution >= 4 is 11.3 Å². The smallest absolute Gasteiger partial charge is 0.0927 e. The quantitative estimate of drug-likeness (QED) is 0.189. The van der Waals surface area contributed by atoms with Gasteiger partial charge in [-0.1, -0.05) is 69.2 Å². The number of nitrogens with zero attached hydrogens (tertiary/aromatic N) is 5. The molecule has 41 heavy (non-hydrogen) atoms. The molecule has 0 aliphatic heterocycles. The third-order valence-corrected chi connectivity index (χ3v) is 7.98. The van der Waals surface area contributed by atoms with Gasteiger partial charge in [0.15, 0.2) is 0 Å². The minimum absolute atomic E-state index is 0.475. The Hall–Kier alpha value is -1.95. The Bertz CT molecular complexity index is 905. The Kier molecular flexibility index (Phi) is 18.1. The van der Waals surface area contributed by atoms with Gasteiger partial charge in [-0.2, -0.15) is 10.2 Å². The minimum Gasteiger partial charge on any atom is -0.272 e. The van der Waals surface area contributed by atoms with Crippen LogP contribution >= 0.6 is 11.3 Å². The highest BCUT2D eigenvalue weighted by Crippen LogP contribution is 2.19. The molecule has 0 N–H and O–H groups in total. The SMILES string of the molecule is CC(C)CCc1ccn(CCC(C)C)n1.CC(C)CCc1cnc(CCC(C)C)s1.CC(C)c1ccn(C(C)C)n1. The number of aromatic nitrogens is 5. The molecule has 3 aromatic rings. The largest absolute Gasteiger partial charge is 0.272 e. The second-order valence-corrected chi connectivity index (χ2v) is 14.9. The molecule has 0 aromatic carbocycles. The van der Waals surface area contributed by atoms with E-state index in [0.29, 0.717) is 12.0 Å². The van der Waals surface area contributed by atoms with Crippen LogP contribution in [0.2, 0.25) is 0 Å². The van der Waals surface area contributed by atoms with Gasteiger partial charge in [-0.15, -0.1) is 11.3 Å². The first-order valence-corrected chi connectivity index (χ1v) is 17.1. The van der Waals surface area contributed by atoms with Crippen LogP contribution in [0, 0.1) is 23.7 Å². The fraction of sp³-hybridized carbons (Fsp3) is 0.743. The monoisotopic (exact) mass is 585 g/mol. The Labute approximate surface area is 257 Å². The van der Waals surface area contributed by atoms with Crippen LogP contribution in [-0.4, -0.2) is 24.5 Å². The maximum atomic E-state index is 4.57. The molecule has 3 rings (SSSR count). The van der Waals surface area contributed by atoms with Crippen molar-refractivity contribution in [3.63, 3.8) is 0 Å². The zero-order valence-electron chi connectivity index (χ0n) is 28.7. The summed E-state index contributed by atoms with van der Waals surface area (Å²) >= 11 is 1.91. The summed E-state index contributed by atoms with van der Waals surface area (Å²) in [5.41, 5.74) is 2.42. The molecule has 0 atom stereocenters. The number of thiazole rings is 1. The zero-order chi connectivity index (χ0) is 30.9. The van der Waals surface area contributed by atoms with Gasteiger partial charge in [0.1, 0.15) is 0 Å². The third kappa shape index (κ3) is 17.6. The van der Waals surface area contributed by atoms with Crippen LogP contribution in [-0.2, 0) is 25.8 Å². The predicted molar refractivity (Wildman–Crippen MR) is 180 cm³/mol. The van der Waals surface area contributed by atoms with Gasteiger partial charge in [0.25, 0.3) is 0 Å². The Morgan fingerprint density at radius 2 is 1.24 bits per heavy atom. The Morgan fingerprint density at radius 3 is 1.76 bits per heavy atom. The molecule has 0 saturated carbocycles. The van der Waals surface area contributed by atoms with Gasteiger partial charge >= 0.3 is 0 Å². The fourth-order valence-electron chi connectivity index (χ4n) is 3.86. The summed E-state index contributed by atoms with van der Waals surface area (Å²) in [6, 6.07) is 4.72. The minimum atomic E-state index is 0.475. The standard InChI is InChI=1S/C13H24N2.C13H23NS.C9H16N2/c1-11(2)5-6-13-8-10-15(14-13)9-7-12(3)4;1-10(2)5-7-12-9-14-13(15-12)8-6-11(3)4;1-7(2)9-5-6-11(10-9)8(3)4/h8,10-12H,5-7,9H2,1-4H3;9-11H,5-8H2,1-4H3;5-8H,1-4H3. The highest BCUT2D eigenvalue weighted by molar-refractivity contribution is 7.11. The maximum Gasteiger partial charge on any atom is 0.0927 e. The lowest BCUT2D eigenvalue weighted by atomic mass is 10.1. The van der Waals surface area contributed by atoms with E-state index in [0.717, 1.165) is 43.1 Å². The molecule has 0 amide bonds. The molecule has 0 radical (unpaired) electrons. The fourth-order valence-corrected chi connectivity index (χ4v) is 4.81. The van der Waals surface area contributed by atoms with Crippen molar-refractivity contribution in [1.82, 2.24) is 24.5 Å². The lowest BCUT2D eigenvalue weighted by molar-refractivity contribution is 0.482. The summed E-state index contributed by atoms with van der Waals surface area (Å²) in [4.78, 5) is 5.95. The van der Waals surface area contributed by atoms with E-state index in [-0.39, 0.29) is 0 Å². The van der Waals surface area contributed by atoms with E-state index in [9.17, 15) is 0 Å². The maximum absolute atomic E-state index is 4.57. The van der Waals surface area contributed by atoms with Gasteiger partial charge in [0, 0.05) is 36.1 Å². The number of rotatable bonds is 14. The molecule has 0 bridgehead atoms. The molecular weight excluding hydrogens is 522 g/mol. The summed E-state index contributed by atoms with van der Waals surface area (Å²) in [5, 5.41) is 10.3. The summed E-state index contributed by atoms with van der Waals surface area (Å²) < 4.78 is 4.07. The molecular formula is C35H63N5S. The first-order chi connectivity index (χ1) is 19.3. The van der Waals surface area contributed by atoms with Crippen LogP contribution in [0.3, 0.4) is 0 Å². The first kappa shape index (κ1) is 37.1.